The highest BCUT2D eigenvalue weighted by molar-refractivity contribution is 8.00. The highest BCUT2D eigenvalue weighted by Gasteiger charge is 2.24. The second kappa shape index (κ2) is 9.17. The number of nitrogens with zero attached hydrogens (tertiary/aromatic N) is 4. The van der Waals surface area contributed by atoms with E-state index in [-0.39, 0.29) is 11.1 Å². The predicted octanol–water partition coefficient (Wildman–Crippen LogP) is 3.72. The predicted molar refractivity (Wildman–Crippen MR) is 117 cm³/mol. The third-order valence-electron chi connectivity index (χ3n) is 5.06. The molecule has 1 atom stereocenters. The molecule has 4 aromatic rings. The third-order valence-corrected chi connectivity index (χ3v) is 6.10. The first kappa shape index (κ1) is 22.1. The van der Waals surface area contributed by atoms with Crippen molar-refractivity contribution >= 4 is 34.2 Å². The number of halogens is 2. The van der Waals surface area contributed by atoms with Crippen molar-refractivity contribution in [3.05, 3.63) is 70.0 Å². The molecule has 7 nitrogen and oxygen atoms in total. The lowest BCUT2D eigenvalue weighted by molar-refractivity contribution is 0.0990. The van der Waals surface area contributed by atoms with Gasteiger partial charge in [-0.05, 0) is 37.6 Å². The van der Waals surface area contributed by atoms with Crippen molar-refractivity contribution in [3.8, 4) is 0 Å². The molecular weight excluding hydrogens is 438 g/mol. The van der Waals surface area contributed by atoms with Gasteiger partial charge in [0.05, 0.1) is 21.7 Å². The van der Waals surface area contributed by atoms with Gasteiger partial charge in [0.1, 0.15) is 11.6 Å². The first-order valence-corrected chi connectivity index (χ1v) is 10.8. The smallest absolute Gasteiger partial charge is 0.262 e. The maximum atomic E-state index is 14.1. The number of aryl methyl sites for hydroxylation is 1. The highest BCUT2D eigenvalue weighted by Crippen LogP contribution is 2.27. The number of hydrogen-bond donors (Lipinski definition) is 0. The van der Waals surface area contributed by atoms with Gasteiger partial charge >= 0.3 is 0 Å². The van der Waals surface area contributed by atoms with Crippen LogP contribution in [-0.2, 0) is 11.3 Å². The summed E-state index contributed by atoms with van der Waals surface area (Å²) in [4.78, 5) is 25.8. The van der Waals surface area contributed by atoms with Gasteiger partial charge in [-0.25, -0.2) is 8.78 Å². The number of methoxy groups -OCH3 is 1. The van der Waals surface area contributed by atoms with Crippen LogP contribution in [0.3, 0.4) is 0 Å². The van der Waals surface area contributed by atoms with Crippen LogP contribution in [0.1, 0.15) is 23.7 Å². The van der Waals surface area contributed by atoms with E-state index in [2.05, 4.69) is 10.2 Å². The molecule has 166 valence electrons. The molecule has 0 aliphatic heterocycles. The van der Waals surface area contributed by atoms with Crippen LogP contribution in [0.25, 0.3) is 16.7 Å². The van der Waals surface area contributed by atoms with Crippen LogP contribution >= 0.6 is 11.8 Å². The van der Waals surface area contributed by atoms with Crippen LogP contribution in [0.2, 0.25) is 0 Å². The van der Waals surface area contributed by atoms with Gasteiger partial charge in [0.15, 0.2) is 10.9 Å². The molecule has 10 heteroatoms. The van der Waals surface area contributed by atoms with E-state index in [0.29, 0.717) is 47.5 Å². The number of thioether (sulfide) groups is 1. The lowest BCUT2D eigenvalue weighted by atomic mass is 10.1. The molecule has 0 spiro atoms. The first-order chi connectivity index (χ1) is 15.4. The fraction of sp³-hybridized carbons (Fsp3) is 0.273. The summed E-state index contributed by atoms with van der Waals surface area (Å²) in [5.41, 5.74) is 0.225. The van der Waals surface area contributed by atoms with Gasteiger partial charge in [-0.1, -0.05) is 23.9 Å². The van der Waals surface area contributed by atoms with Gasteiger partial charge in [0.25, 0.3) is 5.56 Å². The molecule has 1 unspecified atom stereocenters. The van der Waals surface area contributed by atoms with Gasteiger partial charge in [-0.15, -0.1) is 10.2 Å². The molecule has 0 N–H and O–H groups in total. The summed E-state index contributed by atoms with van der Waals surface area (Å²) >= 11 is 1.09. The second-order valence-electron chi connectivity index (χ2n) is 7.19. The number of Topliss-reactive ketones (excluding diaryl/α,β-unsaturated/α-hetero) is 1. The summed E-state index contributed by atoms with van der Waals surface area (Å²) in [6.45, 7) is 2.49. The fourth-order valence-corrected chi connectivity index (χ4v) is 4.42. The monoisotopic (exact) mass is 458 g/mol. The van der Waals surface area contributed by atoms with Gasteiger partial charge in [0.2, 0.25) is 5.78 Å². The topological polar surface area (TPSA) is 78.5 Å². The van der Waals surface area contributed by atoms with E-state index in [1.807, 2.05) is 0 Å². The molecule has 0 fully saturated rings. The minimum atomic E-state index is -0.911. The Kier molecular flexibility index (Phi) is 6.33. The van der Waals surface area contributed by atoms with E-state index in [1.54, 1.807) is 42.7 Å². The van der Waals surface area contributed by atoms with Crippen molar-refractivity contribution < 1.29 is 18.3 Å². The maximum Gasteiger partial charge on any atom is 0.262 e. The number of fused-ring (bicyclic) bond motifs is 3. The fourth-order valence-electron chi connectivity index (χ4n) is 3.50. The summed E-state index contributed by atoms with van der Waals surface area (Å²) in [5.74, 6) is -1.81. The molecular formula is C22H20F2N4O3S. The zero-order valence-electron chi connectivity index (χ0n) is 17.4. The molecule has 2 aromatic heterocycles. The molecule has 0 saturated carbocycles. The van der Waals surface area contributed by atoms with E-state index in [9.17, 15) is 18.4 Å². The lowest BCUT2D eigenvalue weighted by Gasteiger charge is -2.13. The Morgan fingerprint density at radius 2 is 1.97 bits per heavy atom. The van der Waals surface area contributed by atoms with Crippen molar-refractivity contribution in [2.75, 3.05) is 13.7 Å². The minimum Gasteiger partial charge on any atom is -0.385 e. The van der Waals surface area contributed by atoms with E-state index in [0.717, 1.165) is 23.9 Å². The quantitative estimate of drug-likeness (QED) is 0.228. The van der Waals surface area contributed by atoms with Crippen molar-refractivity contribution in [1.29, 1.82) is 0 Å². The van der Waals surface area contributed by atoms with E-state index >= 15 is 0 Å². The van der Waals surface area contributed by atoms with Gasteiger partial charge in [-0.2, -0.15) is 0 Å². The summed E-state index contributed by atoms with van der Waals surface area (Å²) in [7, 11) is 1.59. The van der Waals surface area contributed by atoms with E-state index < -0.39 is 22.7 Å². The van der Waals surface area contributed by atoms with Gasteiger partial charge < -0.3 is 4.74 Å². The minimum absolute atomic E-state index is 0.189. The average molecular weight is 458 g/mol. The first-order valence-electron chi connectivity index (χ1n) is 9.94. The molecule has 0 aliphatic rings. The Bertz CT molecular complexity index is 1370. The Morgan fingerprint density at radius 3 is 2.72 bits per heavy atom. The molecule has 0 aliphatic carbocycles. The molecule has 32 heavy (non-hydrogen) atoms. The zero-order valence-corrected chi connectivity index (χ0v) is 18.2. The molecule has 0 amide bonds. The number of para-hydroxylation sites is 1. The highest BCUT2D eigenvalue weighted by atomic mass is 32.2. The summed E-state index contributed by atoms with van der Waals surface area (Å²) < 4.78 is 35.6. The van der Waals surface area contributed by atoms with Crippen LogP contribution in [-0.4, -0.2) is 43.9 Å². The second-order valence-corrected chi connectivity index (χ2v) is 8.49. The molecule has 0 saturated heterocycles. The van der Waals surface area contributed by atoms with Crippen LogP contribution < -0.4 is 5.56 Å². The van der Waals surface area contributed by atoms with Crippen molar-refractivity contribution in [3.63, 3.8) is 0 Å². The number of rotatable bonds is 8. The number of ketones is 1. The summed E-state index contributed by atoms with van der Waals surface area (Å²) in [6, 6.07) is 9.94. The molecule has 2 heterocycles. The number of ether oxygens (including phenoxy) is 1. The van der Waals surface area contributed by atoms with Crippen molar-refractivity contribution in [2.45, 2.75) is 30.3 Å². The van der Waals surface area contributed by atoms with Crippen LogP contribution in [0.5, 0.6) is 0 Å². The number of benzene rings is 2. The Morgan fingerprint density at radius 1 is 1.19 bits per heavy atom. The SMILES string of the molecule is COCCCn1c(=O)c2ccccc2n2c(SC(C)C(=O)c3ccc(F)cc3F)nnc12. The lowest BCUT2D eigenvalue weighted by Crippen LogP contribution is -2.24. The summed E-state index contributed by atoms with van der Waals surface area (Å²) in [6.07, 6.45) is 0.610. The Balaban J connectivity index is 1.76. The summed E-state index contributed by atoms with van der Waals surface area (Å²) in [5, 5.41) is 8.56. The van der Waals surface area contributed by atoms with Crippen LogP contribution in [0, 0.1) is 11.6 Å². The van der Waals surface area contributed by atoms with Gasteiger partial charge in [0, 0.05) is 26.3 Å². The van der Waals surface area contributed by atoms with Gasteiger partial charge in [-0.3, -0.25) is 18.6 Å². The maximum absolute atomic E-state index is 14.1. The zero-order chi connectivity index (χ0) is 22.8. The molecule has 4 rings (SSSR count). The third kappa shape index (κ3) is 4.03. The average Bonchev–Trinajstić information content (AvgIpc) is 3.19. The molecule has 2 aromatic carbocycles. The van der Waals surface area contributed by atoms with Crippen LogP contribution in [0.4, 0.5) is 8.78 Å². The molecule has 0 radical (unpaired) electrons. The number of aromatic nitrogens is 4. The van der Waals surface area contributed by atoms with Crippen molar-refractivity contribution in [2.24, 2.45) is 0 Å². The largest absolute Gasteiger partial charge is 0.385 e. The Hall–Kier alpha value is -3.11. The van der Waals surface area contributed by atoms with Crippen LogP contribution in [0.15, 0.2) is 52.4 Å². The van der Waals surface area contributed by atoms with E-state index in [1.165, 1.54) is 4.57 Å². The number of hydrogen-bond acceptors (Lipinski definition) is 6. The number of carbonyl (C=O) groups excluding carboxylic acids is 1. The molecule has 0 bridgehead atoms. The van der Waals surface area contributed by atoms with Crippen molar-refractivity contribution in [1.82, 2.24) is 19.2 Å². The Labute approximate surface area is 186 Å². The number of carbonyl (C=O) groups is 1. The van der Waals surface area contributed by atoms with E-state index in [4.69, 9.17) is 4.74 Å². The normalized spacial score (nSPS) is 12.5. The standard InChI is InChI=1S/C22H20F2N4O3S/c1-13(19(29)15-9-8-14(23)12-17(15)24)32-22-26-25-21-27(10-5-11-31-2)20(30)16-6-3-4-7-18(16)28(21)22/h3-4,6-9,12-13H,5,10-11H2,1-2H3.